The second-order valence-electron chi connectivity index (χ2n) is 21.4. The number of nitrogens with zero attached hydrogens (tertiary/aromatic N) is 3. The number of nitrogens with one attached hydrogen (secondary N) is 1. The van der Waals surface area contributed by atoms with Gasteiger partial charge < -0.3 is 78.4 Å². The molecule has 0 aromatic rings. The van der Waals surface area contributed by atoms with E-state index in [-0.39, 0.29) is 25.8 Å². The van der Waals surface area contributed by atoms with E-state index in [0.29, 0.717) is 17.5 Å². The van der Waals surface area contributed by atoms with Crippen LogP contribution in [0.3, 0.4) is 0 Å². The van der Waals surface area contributed by atoms with Crippen molar-refractivity contribution in [3.63, 3.8) is 0 Å². The van der Waals surface area contributed by atoms with Gasteiger partial charge in [-0.25, -0.2) is 8.98 Å². The Bertz CT molecular complexity index is 2300. The predicted octanol–water partition coefficient (Wildman–Crippen LogP) is -1.70. The largest absolute Gasteiger partial charge is 0.480 e. The molecule has 3 amide bonds. The van der Waals surface area contributed by atoms with Crippen molar-refractivity contribution in [2.24, 2.45) is 16.6 Å². The van der Waals surface area contributed by atoms with Crippen LogP contribution in [0.2, 0.25) is 0 Å². The van der Waals surface area contributed by atoms with Crippen LogP contribution in [0.5, 0.6) is 0 Å². The van der Waals surface area contributed by atoms with Gasteiger partial charge in [-0.3, -0.25) is 48.5 Å². The van der Waals surface area contributed by atoms with Gasteiger partial charge in [-0.2, -0.15) is 8.42 Å². The number of ether oxygens (including phenoxy) is 10. The highest BCUT2D eigenvalue weighted by Crippen LogP contribution is 2.37. The van der Waals surface area contributed by atoms with E-state index in [9.17, 15) is 67.0 Å². The maximum absolute atomic E-state index is 14.8. The first-order valence-electron chi connectivity index (χ1n) is 27.6. The Kier molecular flexibility index (Phi) is 26.3. The van der Waals surface area contributed by atoms with Crippen molar-refractivity contribution in [2.75, 3.05) is 48.5 Å². The fourth-order valence-electron chi connectivity index (χ4n) is 11.0. The number of rotatable bonds is 31. The van der Waals surface area contributed by atoms with Crippen molar-refractivity contribution < 1.29 is 119 Å². The lowest BCUT2D eigenvalue weighted by molar-refractivity contribution is -0.297. The number of unbranched alkanes of at least 4 members (excludes halogenated alkanes) is 8. The molecule has 0 aromatic heterocycles. The molecule has 0 bridgehead atoms. The van der Waals surface area contributed by atoms with Crippen LogP contribution in [0.25, 0.3) is 0 Å². The number of hydrogen-bond donors (Lipinski definition) is 7. The molecule has 0 saturated carbocycles. The zero-order valence-corrected chi connectivity index (χ0v) is 48.3. The number of carboxylic acids is 1. The van der Waals surface area contributed by atoms with Gasteiger partial charge >= 0.3 is 34.3 Å². The van der Waals surface area contributed by atoms with E-state index in [4.69, 9.17) is 57.3 Å². The van der Waals surface area contributed by atoms with Crippen molar-refractivity contribution in [1.29, 1.82) is 0 Å². The van der Waals surface area contributed by atoms with Gasteiger partial charge in [-0.15, -0.1) is 0 Å². The van der Waals surface area contributed by atoms with Crippen LogP contribution in [0, 0.1) is 5.92 Å². The maximum Gasteiger partial charge on any atom is 0.397 e. The average Bonchev–Trinajstić information content (AvgIpc) is 2.78. The van der Waals surface area contributed by atoms with E-state index in [0.717, 1.165) is 63.3 Å². The molecule has 0 aliphatic carbocycles. The highest BCUT2D eigenvalue weighted by Gasteiger charge is 2.60. The number of carbonyl (C=O) groups is 7. The molecular formula is C51H83N5O25S. The van der Waals surface area contributed by atoms with Crippen molar-refractivity contribution in [3.05, 3.63) is 0 Å². The zero-order chi connectivity index (χ0) is 60.7. The van der Waals surface area contributed by atoms with E-state index >= 15 is 0 Å². The SMILES string of the molecule is CCCCCCCCCCCC(CC(=O)O[C@H]1CN(C)C(C(OC2OC(CN)[C@@H](O)[C@H]2O)C2OC(C3N=CC(=O)NC3=O)[C@H](OS(=O)(=O)O)[C@@H]2O)C(=O)N(C)[C@@H]1C(=O)O)OC(=O)CC(C)CC(=O)O[C@@H]1OC(C)C(OC)[C@@H](OC)[C@H]1OC. The van der Waals surface area contributed by atoms with E-state index in [2.05, 4.69) is 11.9 Å². The molecule has 4 saturated heterocycles. The second-order valence-corrected chi connectivity index (χ2v) is 22.4. The number of aliphatic carboxylic acids is 1. The molecule has 5 aliphatic heterocycles. The summed E-state index contributed by atoms with van der Waals surface area (Å²) in [5.74, 6) is -8.06. The molecule has 20 atom stereocenters. The lowest BCUT2D eigenvalue weighted by Gasteiger charge is -2.43. The molecule has 5 aliphatic rings. The van der Waals surface area contributed by atoms with Gasteiger partial charge in [-0.05, 0) is 32.7 Å². The topological polar surface area (TPSA) is 413 Å². The molecule has 5 rings (SSSR count). The Hall–Kier alpha value is -4.45. The number of aliphatic hydroxyl groups is 3. The van der Waals surface area contributed by atoms with Crippen LogP contribution in [0.4, 0.5) is 0 Å². The third-order valence-electron chi connectivity index (χ3n) is 15.2. The van der Waals surface area contributed by atoms with Gasteiger partial charge in [0, 0.05) is 54.3 Å². The minimum atomic E-state index is -5.49. The summed E-state index contributed by atoms with van der Waals surface area (Å²) in [5.41, 5.74) is 5.74. The van der Waals surface area contributed by atoms with Crippen molar-refractivity contribution in [3.8, 4) is 0 Å². The molecule has 82 heavy (non-hydrogen) atoms. The first kappa shape index (κ1) is 68.3. The fourth-order valence-corrected chi connectivity index (χ4v) is 11.5. The van der Waals surface area contributed by atoms with Gasteiger partial charge in [0.25, 0.3) is 11.8 Å². The van der Waals surface area contributed by atoms with Gasteiger partial charge in [0.15, 0.2) is 18.4 Å². The quantitative estimate of drug-likeness (QED) is 0.0134. The smallest absolute Gasteiger partial charge is 0.397 e. The molecule has 8 N–H and O–H groups in total. The molecule has 31 heteroatoms. The van der Waals surface area contributed by atoms with Crippen LogP contribution in [-0.4, -0.2) is 256 Å². The van der Waals surface area contributed by atoms with Gasteiger partial charge in [0.1, 0.15) is 85.4 Å². The molecule has 0 radical (unpaired) electrons. The number of aliphatic hydroxyl groups excluding tert-OH is 3. The number of carboxylic acid groups (broad SMARTS) is 1. The second kappa shape index (κ2) is 31.6. The average molecular weight is 1200 g/mol. The van der Waals surface area contributed by atoms with E-state index in [1.165, 1.54) is 28.4 Å². The number of aliphatic imine (C=N–C) groups is 1. The Morgan fingerprint density at radius 2 is 1.41 bits per heavy atom. The third-order valence-corrected chi connectivity index (χ3v) is 15.7. The lowest BCUT2D eigenvalue weighted by Crippen LogP contribution is -2.59. The summed E-state index contributed by atoms with van der Waals surface area (Å²) >= 11 is 0. The van der Waals surface area contributed by atoms with Crippen LogP contribution in [-0.2, 0) is 95.5 Å². The molecule has 0 spiro atoms. The summed E-state index contributed by atoms with van der Waals surface area (Å²) in [6.45, 7) is 4.50. The third kappa shape index (κ3) is 18.0. The van der Waals surface area contributed by atoms with Crippen molar-refractivity contribution >= 4 is 58.2 Å². The van der Waals surface area contributed by atoms with Crippen LogP contribution in [0.1, 0.15) is 104 Å². The Morgan fingerprint density at radius 3 is 1.99 bits per heavy atom. The van der Waals surface area contributed by atoms with Gasteiger partial charge in [0.2, 0.25) is 12.2 Å². The Morgan fingerprint density at radius 1 is 0.805 bits per heavy atom. The molecule has 4 fully saturated rings. The summed E-state index contributed by atoms with van der Waals surface area (Å²) in [6, 6.07) is -5.67. The summed E-state index contributed by atoms with van der Waals surface area (Å²) < 4.78 is 96.7. The summed E-state index contributed by atoms with van der Waals surface area (Å²) in [4.78, 5) is 99.6. The summed E-state index contributed by atoms with van der Waals surface area (Å²) in [6.07, 6.45) is -15.5. The normalized spacial score (nSPS) is 33.8. The molecule has 468 valence electrons. The molecule has 5 heterocycles. The minimum Gasteiger partial charge on any atom is -0.480 e. The van der Waals surface area contributed by atoms with E-state index in [1.54, 1.807) is 13.8 Å². The molecule has 30 nitrogen and oxygen atoms in total. The van der Waals surface area contributed by atoms with Crippen LogP contribution in [0.15, 0.2) is 4.99 Å². The standard InChI is InChI=1S/C51H83N5O25S/c1-9-10-11-12-13-14-15-16-17-18-27(75-31(58)19-25(2)20-32(59)78-51-46(73-8)45(72-7)40(71-6)26(3)74-51)21-33(60)76-29-24-55(4)36(48(65)56(5)35(29)49(66)67)42(80-50-38(62)37(61)28(22-52)77-50)43-39(63)44(81-82(68,69)70)41(79-43)34-47(64)54-30(57)23-53-34/h23,25-29,34-46,50-51,61-63H,9-22,24,52H2,1-8H3,(H,66,67)(H,54,57,64)(H,68,69,70)/t25?,26?,27?,28?,29-,34?,35-,36?,37+,38+,39+,40?,41?,42?,43?,44+,45+,46+,50?,51-/m0/s1. The van der Waals surface area contributed by atoms with Gasteiger partial charge in [-0.1, -0.05) is 65.2 Å². The number of imide groups is 1. The lowest BCUT2D eigenvalue weighted by atomic mass is 9.95. The Labute approximate surface area is 476 Å². The fraction of sp³-hybridized carbons (Fsp3) is 0.843. The number of likely N-dealkylation sites (N-methyl/N-ethyl adjacent to an activating group) is 2. The maximum atomic E-state index is 14.8. The number of amides is 3. The van der Waals surface area contributed by atoms with E-state index in [1.807, 2.05) is 5.32 Å². The highest BCUT2D eigenvalue weighted by atomic mass is 32.3. The van der Waals surface area contributed by atoms with Crippen LogP contribution < -0.4 is 11.1 Å². The number of nitrogens with two attached hydrogens (primary N) is 1. The zero-order valence-electron chi connectivity index (χ0n) is 47.5. The number of carbonyl (C=O) groups excluding carboxylic acids is 6. The monoisotopic (exact) mass is 1200 g/mol. The molecule has 11 unspecified atom stereocenters. The first-order valence-corrected chi connectivity index (χ1v) is 28.9. The number of methoxy groups -OCH3 is 3. The van der Waals surface area contributed by atoms with E-state index < -0.39 is 187 Å². The summed E-state index contributed by atoms with van der Waals surface area (Å²) in [7, 11) is 1.17. The first-order chi connectivity index (χ1) is 38.8. The summed E-state index contributed by atoms with van der Waals surface area (Å²) in [5, 5.41) is 46.3. The number of esters is 3. The highest BCUT2D eigenvalue weighted by molar-refractivity contribution is 7.80. The molecular weight excluding hydrogens is 1110 g/mol. The number of hydrogen-bond acceptors (Lipinski definition) is 26. The van der Waals surface area contributed by atoms with Gasteiger partial charge in [0.05, 0.1) is 18.7 Å². The van der Waals surface area contributed by atoms with Crippen molar-refractivity contribution in [2.45, 2.75) is 220 Å². The van der Waals surface area contributed by atoms with Crippen molar-refractivity contribution in [1.82, 2.24) is 15.1 Å². The molecule has 0 aromatic carbocycles. The minimum absolute atomic E-state index is 0.185. The predicted molar refractivity (Wildman–Crippen MR) is 279 cm³/mol. The van der Waals surface area contributed by atoms with Crippen LogP contribution >= 0.6 is 0 Å². The Balaban J connectivity index is 1.37.